The molecular weight excluding hydrogens is 210 g/mol. The molecular formula is C14H27NSi. The molecule has 0 unspecified atom stereocenters. The SMILES string of the molecule is C=C[Si](CCCC)(CCCC)CCCC#N. The van der Waals surface area contributed by atoms with Gasteiger partial charge in [0, 0.05) is 6.42 Å². The molecule has 0 fully saturated rings. The van der Waals surface area contributed by atoms with Gasteiger partial charge in [-0.3, -0.25) is 0 Å². The summed E-state index contributed by atoms with van der Waals surface area (Å²) in [5.41, 5.74) is 2.30. The Kier molecular flexibility index (Phi) is 9.32. The van der Waals surface area contributed by atoms with Gasteiger partial charge in [-0.15, -0.1) is 12.3 Å². The van der Waals surface area contributed by atoms with E-state index in [0.29, 0.717) is 0 Å². The summed E-state index contributed by atoms with van der Waals surface area (Å²) in [6.07, 6.45) is 7.06. The molecule has 0 aliphatic rings. The molecule has 2 heteroatoms. The maximum absolute atomic E-state index is 8.63. The summed E-state index contributed by atoms with van der Waals surface area (Å²) in [4.78, 5) is 0. The molecule has 0 bridgehead atoms. The first kappa shape index (κ1) is 15.4. The summed E-state index contributed by atoms with van der Waals surface area (Å²) < 4.78 is 0. The average molecular weight is 237 g/mol. The number of unbranched alkanes of at least 4 members (excludes halogenated alkanes) is 3. The van der Waals surface area contributed by atoms with Crippen LogP contribution in [0.15, 0.2) is 12.3 Å². The van der Waals surface area contributed by atoms with Gasteiger partial charge in [0.2, 0.25) is 0 Å². The molecule has 92 valence electrons. The minimum Gasteiger partial charge on any atom is -0.198 e. The number of rotatable bonds is 10. The van der Waals surface area contributed by atoms with Gasteiger partial charge in [-0.25, -0.2) is 0 Å². The van der Waals surface area contributed by atoms with Crippen molar-refractivity contribution in [3.63, 3.8) is 0 Å². The van der Waals surface area contributed by atoms with Gasteiger partial charge in [0.25, 0.3) is 0 Å². The van der Waals surface area contributed by atoms with Gasteiger partial charge in [-0.1, -0.05) is 57.7 Å². The van der Waals surface area contributed by atoms with E-state index in [0.717, 1.165) is 12.8 Å². The number of nitrogens with zero attached hydrogens (tertiary/aromatic N) is 1. The fraction of sp³-hybridized carbons (Fsp3) is 0.786. The van der Waals surface area contributed by atoms with Gasteiger partial charge in [0.1, 0.15) is 0 Å². The highest BCUT2D eigenvalue weighted by Gasteiger charge is 2.27. The van der Waals surface area contributed by atoms with Crippen molar-refractivity contribution in [2.45, 2.75) is 70.5 Å². The third-order valence-electron chi connectivity index (χ3n) is 3.45. The fourth-order valence-electron chi connectivity index (χ4n) is 2.26. The zero-order chi connectivity index (χ0) is 12.3. The Morgan fingerprint density at radius 2 is 1.56 bits per heavy atom. The molecule has 0 rings (SSSR count). The molecule has 1 nitrogen and oxygen atoms in total. The van der Waals surface area contributed by atoms with Crippen LogP contribution in [0.25, 0.3) is 0 Å². The van der Waals surface area contributed by atoms with Gasteiger partial charge in [0.15, 0.2) is 0 Å². The van der Waals surface area contributed by atoms with E-state index in [4.69, 9.17) is 5.26 Å². The number of hydrogen-bond donors (Lipinski definition) is 0. The van der Waals surface area contributed by atoms with Crippen LogP contribution >= 0.6 is 0 Å². The molecule has 0 saturated heterocycles. The van der Waals surface area contributed by atoms with E-state index in [2.05, 4.69) is 32.2 Å². The molecule has 0 aromatic heterocycles. The summed E-state index contributed by atoms with van der Waals surface area (Å²) >= 11 is 0. The minimum atomic E-state index is -1.24. The van der Waals surface area contributed by atoms with Crippen LogP contribution in [0.2, 0.25) is 18.1 Å². The smallest absolute Gasteiger partial charge is 0.0770 e. The van der Waals surface area contributed by atoms with Crippen LogP contribution in [-0.2, 0) is 0 Å². The second-order valence-electron chi connectivity index (χ2n) is 4.79. The van der Waals surface area contributed by atoms with Gasteiger partial charge >= 0.3 is 0 Å². The molecule has 0 aromatic rings. The summed E-state index contributed by atoms with van der Waals surface area (Å²) in [5.74, 6) is 0. The third kappa shape index (κ3) is 6.12. The van der Waals surface area contributed by atoms with Gasteiger partial charge in [0.05, 0.1) is 14.1 Å². The van der Waals surface area contributed by atoms with E-state index in [1.807, 2.05) is 0 Å². The monoisotopic (exact) mass is 237 g/mol. The fourth-order valence-corrected chi connectivity index (χ4v) is 6.62. The van der Waals surface area contributed by atoms with E-state index >= 15 is 0 Å². The highest BCUT2D eigenvalue weighted by Crippen LogP contribution is 2.29. The van der Waals surface area contributed by atoms with Gasteiger partial charge in [-0.2, -0.15) is 5.26 Å². The second kappa shape index (κ2) is 9.66. The first-order valence-electron chi connectivity index (χ1n) is 6.75. The van der Waals surface area contributed by atoms with E-state index in [9.17, 15) is 0 Å². The largest absolute Gasteiger partial charge is 0.198 e. The van der Waals surface area contributed by atoms with Crippen molar-refractivity contribution in [3.8, 4) is 6.07 Å². The molecule has 0 radical (unpaired) electrons. The third-order valence-corrected chi connectivity index (χ3v) is 8.37. The Morgan fingerprint density at radius 1 is 1.06 bits per heavy atom. The lowest BCUT2D eigenvalue weighted by Gasteiger charge is -2.28. The topological polar surface area (TPSA) is 23.8 Å². The van der Waals surface area contributed by atoms with Crippen LogP contribution in [0.4, 0.5) is 0 Å². The Bertz CT molecular complexity index is 209. The quantitative estimate of drug-likeness (QED) is 0.384. The van der Waals surface area contributed by atoms with Crippen molar-refractivity contribution in [1.29, 1.82) is 5.26 Å². The Morgan fingerprint density at radius 3 is 1.94 bits per heavy atom. The van der Waals surface area contributed by atoms with Gasteiger partial charge in [-0.05, 0) is 6.42 Å². The zero-order valence-corrected chi connectivity index (χ0v) is 12.1. The second-order valence-corrected chi connectivity index (χ2v) is 9.42. The highest BCUT2D eigenvalue weighted by atomic mass is 28.3. The maximum atomic E-state index is 8.63. The van der Waals surface area contributed by atoms with Crippen LogP contribution in [0, 0.1) is 11.3 Å². The van der Waals surface area contributed by atoms with Crippen LogP contribution in [-0.4, -0.2) is 8.07 Å². The summed E-state index contributed by atoms with van der Waals surface area (Å²) in [6, 6.07) is 6.32. The maximum Gasteiger partial charge on any atom is 0.0770 e. The van der Waals surface area contributed by atoms with Crippen molar-refractivity contribution in [2.75, 3.05) is 0 Å². The Labute approximate surface area is 103 Å². The van der Waals surface area contributed by atoms with Crippen molar-refractivity contribution < 1.29 is 0 Å². The molecule has 0 spiro atoms. The predicted molar refractivity (Wildman–Crippen MR) is 75.0 cm³/mol. The van der Waals surface area contributed by atoms with Crippen molar-refractivity contribution >= 4 is 8.07 Å². The first-order valence-corrected chi connectivity index (χ1v) is 9.45. The number of hydrogen-bond acceptors (Lipinski definition) is 1. The number of nitriles is 1. The van der Waals surface area contributed by atoms with E-state index in [1.54, 1.807) is 0 Å². The predicted octanol–water partition coefficient (Wildman–Crippen LogP) is 5.06. The van der Waals surface area contributed by atoms with Crippen LogP contribution in [0.3, 0.4) is 0 Å². The first-order chi connectivity index (χ1) is 7.74. The lowest BCUT2D eigenvalue weighted by molar-refractivity contribution is 0.812. The van der Waals surface area contributed by atoms with Crippen LogP contribution < -0.4 is 0 Å². The summed E-state index contributed by atoms with van der Waals surface area (Å²) in [6.45, 7) is 8.62. The molecule has 0 atom stereocenters. The molecule has 0 aliphatic heterocycles. The zero-order valence-electron chi connectivity index (χ0n) is 11.1. The van der Waals surface area contributed by atoms with Crippen molar-refractivity contribution in [3.05, 3.63) is 12.3 Å². The van der Waals surface area contributed by atoms with Gasteiger partial charge < -0.3 is 0 Å². The standard InChI is InChI=1S/C14H27NSi/c1-4-7-12-16(6-3,13-8-5-2)14-10-9-11-15/h6H,3-5,7-10,12-14H2,1-2H3. The van der Waals surface area contributed by atoms with Crippen LogP contribution in [0.5, 0.6) is 0 Å². The Hall–Kier alpha value is -0.553. The molecule has 0 heterocycles. The van der Waals surface area contributed by atoms with Crippen molar-refractivity contribution in [2.24, 2.45) is 0 Å². The van der Waals surface area contributed by atoms with Crippen LogP contribution in [0.1, 0.15) is 52.4 Å². The van der Waals surface area contributed by atoms with E-state index in [1.165, 1.54) is 43.8 Å². The molecule has 0 saturated carbocycles. The molecule has 0 aliphatic carbocycles. The lowest BCUT2D eigenvalue weighted by Crippen LogP contribution is -2.31. The minimum absolute atomic E-state index is 0.723. The van der Waals surface area contributed by atoms with E-state index in [-0.39, 0.29) is 0 Å². The van der Waals surface area contributed by atoms with E-state index < -0.39 is 8.07 Å². The normalized spacial score (nSPS) is 11.1. The molecule has 0 N–H and O–H groups in total. The summed E-state index contributed by atoms with van der Waals surface area (Å²) in [7, 11) is -1.24. The molecule has 16 heavy (non-hydrogen) atoms. The van der Waals surface area contributed by atoms with Crippen molar-refractivity contribution in [1.82, 2.24) is 0 Å². The molecule has 0 aromatic carbocycles. The lowest BCUT2D eigenvalue weighted by atomic mass is 10.4. The highest BCUT2D eigenvalue weighted by molar-refractivity contribution is 6.84. The average Bonchev–Trinajstić information content (AvgIpc) is 2.32. The summed E-state index contributed by atoms with van der Waals surface area (Å²) in [5, 5.41) is 8.63. The molecule has 0 amide bonds. The Balaban J connectivity index is 4.28.